The van der Waals surface area contributed by atoms with Gasteiger partial charge in [0.15, 0.2) is 11.5 Å². The van der Waals surface area contributed by atoms with Gasteiger partial charge in [-0.25, -0.2) is 9.97 Å². The molecule has 0 aliphatic rings. The highest BCUT2D eigenvalue weighted by Gasteiger charge is 2.08. The molecule has 0 saturated carbocycles. The van der Waals surface area contributed by atoms with Crippen LogP contribution in [0, 0.1) is 18.3 Å². The van der Waals surface area contributed by atoms with Gasteiger partial charge >= 0.3 is 0 Å². The van der Waals surface area contributed by atoms with E-state index in [2.05, 4.69) is 16.0 Å². The number of rotatable bonds is 2. The Morgan fingerprint density at radius 1 is 1.39 bits per heavy atom. The smallest absolute Gasteiger partial charge is 0.192 e. The number of nitriles is 1. The predicted molar refractivity (Wildman–Crippen MR) is 69.2 cm³/mol. The summed E-state index contributed by atoms with van der Waals surface area (Å²) in [6.45, 7) is 1.83. The van der Waals surface area contributed by atoms with Crippen molar-refractivity contribution in [2.45, 2.75) is 13.3 Å². The predicted octanol–water partition coefficient (Wildman–Crippen LogP) is 3.33. The normalized spacial score (nSPS) is 10.7. The summed E-state index contributed by atoms with van der Waals surface area (Å²) in [5.41, 5.74) is 3.48. The third-order valence-corrected chi connectivity index (χ3v) is 3.42. The molecule has 0 bridgehead atoms. The van der Waals surface area contributed by atoms with E-state index < -0.39 is 0 Å². The van der Waals surface area contributed by atoms with Gasteiger partial charge in [0, 0.05) is 17.9 Å². The highest BCUT2D eigenvalue weighted by molar-refractivity contribution is 7.10. The van der Waals surface area contributed by atoms with Crippen molar-refractivity contribution in [3.63, 3.8) is 0 Å². The molecule has 88 valence electrons. The molecular formula is C13H9N3OS. The van der Waals surface area contributed by atoms with Crippen LogP contribution in [-0.4, -0.2) is 9.97 Å². The SMILES string of the molecule is Cc1nc2ccc(-c3csc(CC#N)n3)cc2o1. The molecule has 1 aromatic carbocycles. The zero-order chi connectivity index (χ0) is 12.5. The molecule has 0 radical (unpaired) electrons. The number of oxazole rings is 1. The van der Waals surface area contributed by atoms with Gasteiger partial charge in [0.25, 0.3) is 0 Å². The summed E-state index contributed by atoms with van der Waals surface area (Å²) in [7, 11) is 0. The minimum atomic E-state index is 0.355. The maximum Gasteiger partial charge on any atom is 0.192 e. The van der Waals surface area contributed by atoms with Crippen molar-refractivity contribution in [1.82, 2.24) is 9.97 Å². The Bertz CT molecular complexity index is 751. The summed E-state index contributed by atoms with van der Waals surface area (Å²) in [6.07, 6.45) is 0.355. The van der Waals surface area contributed by atoms with Gasteiger partial charge in [-0.05, 0) is 12.1 Å². The zero-order valence-electron chi connectivity index (χ0n) is 9.67. The fourth-order valence-corrected chi connectivity index (χ4v) is 2.53. The van der Waals surface area contributed by atoms with Gasteiger partial charge in [-0.15, -0.1) is 11.3 Å². The van der Waals surface area contributed by atoms with Crippen LogP contribution in [-0.2, 0) is 6.42 Å². The highest BCUT2D eigenvalue weighted by Crippen LogP contribution is 2.26. The molecule has 0 atom stereocenters. The lowest BCUT2D eigenvalue weighted by Crippen LogP contribution is -1.81. The van der Waals surface area contributed by atoms with Gasteiger partial charge in [-0.3, -0.25) is 0 Å². The maximum absolute atomic E-state index is 8.64. The monoisotopic (exact) mass is 255 g/mol. The van der Waals surface area contributed by atoms with E-state index in [-0.39, 0.29) is 0 Å². The van der Waals surface area contributed by atoms with E-state index in [0.717, 1.165) is 27.4 Å². The number of benzene rings is 1. The third kappa shape index (κ3) is 1.87. The fourth-order valence-electron chi connectivity index (χ4n) is 1.79. The largest absolute Gasteiger partial charge is 0.441 e. The Hall–Kier alpha value is -2.19. The minimum absolute atomic E-state index is 0.355. The van der Waals surface area contributed by atoms with Gasteiger partial charge in [0.2, 0.25) is 0 Å². The van der Waals surface area contributed by atoms with Crippen LogP contribution < -0.4 is 0 Å². The Kier molecular flexibility index (Phi) is 2.58. The van der Waals surface area contributed by atoms with Crippen LogP contribution in [0.1, 0.15) is 10.9 Å². The lowest BCUT2D eigenvalue weighted by molar-refractivity contribution is 0.561. The van der Waals surface area contributed by atoms with Crippen molar-refractivity contribution in [3.8, 4) is 17.3 Å². The number of thiazole rings is 1. The first-order valence-corrected chi connectivity index (χ1v) is 6.33. The Labute approximate surface area is 108 Å². The Balaban J connectivity index is 2.04. The molecule has 0 unspecified atom stereocenters. The summed E-state index contributed by atoms with van der Waals surface area (Å²) in [5, 5.41) is 11.4. The number of nitrogens with zero attached hydrogens (tertiary/aromatic N) is 3. The van der Waals surface area contributed by atoms with Gasteiger partial charge < -0.3 is 4.42 Å². The first-order valence-electron chi connectivity index (χ1n) is 5.45. The van der Waals surface area contributed by atoms with Crippen molar-refractivity contribution >= 4 is 22.4 Å². The van der Waals surface area contributed by atoms with E-state index in [4.69, 9.17) is 9.68 Å². The molecule has 3 aromatic rings. The molecule has 0 N–H and O–H groups in total. The van der Waals surface area contributed by atoms with Crippen molar-refractivity contribution in [3.05, 3.63) is 34.5 Å². The fraction of sp³-hybridized carbons (Fsp3) is 0.154. The van der Waals surface area contributed by atoms with Crippen molar-refractivity contribution in [2.75, 3.05) is 0 Å². The van der Waals surface area contributed by atoms with Crippen LogP contribution in [0.4, 0.5) is 0 Å². The molecule has 0 saturated heterocycles. The average Bonchev–Trinajstić information content (AvgIpc) is 2.93. The minimum Gasteiger partial charge on any atom is -0.441 e. The third-order valence-electron chi connectivity index (χ3n) is 2.57. The molecule has 0 fully saturated rings. The van der Waals surface area contributed by atoms with Gasteiger partial charge in [0.05, 0.1) is 18.2 Å². The second-order valence-corrected chi connectivity index (χ2v) is 4.82. The van der Waals surface area contributed by atoms with E-state index in [1.54, 1.807) is 0 Å². The molecule has 4 nitrogen and oxygen atoms in total. The summed E-state index contributed by atoms with van der Waals surface area (Å²) < 4.78 is 5.50. The first-order chi connectivity index (χ1) is 8.76. The highest BCUT2D eigenvalue weighted by atomic mass is 32.1. The molecule has 2 heterocycles. The molecule has 3 rings (SSSR count). The average molecular weight is 255 g/mol. The van der Waals surface area contributed by atoms with E-state index in [9.17, 15) is 0 Å². The quantitative estimate of drug-likeness (QED) is 0.704. The van der Waals surface area contributed by atoms with Crippen molar-refractivity contribution in [2.24, 2.45) is 0 Å². The molecule has 0 spiro atoms. The number of hydrogen-bond acceptors (Lipinski definition) is 5. The van der Waals surface area contributed by atoms with E-state index in [1.165, 1.54) is 11.3 Å². The summed E-state index contributed by atoms with van der Waals surface area (Å²) in [4.78, 5) is 8.67. The van der Waals surface area contributed by atoms with Crippen LogP contribution in [0.25, 0.3) is 22.4 Å². The second kappa shape index (κ2) is 4.24. The maximum atomic E-state index is 8.64. The van der Waals surface area contributed by atoms with Gasteiger partial charge in [-0.1, -0.05) is 6.07 Å². The van der Waals surface area contributed by atoms with Crippen LogP contribution in [0.15, 0.2) is 28.0 Å². The first kappa shape index (κ1) is 10.9. The molecule has 0 aliphatic carbocycles. The van der Waals surface area contributed by atoms with E-state index >= 15 is 0 Å². The van der Waals surface area contributed by atoms with E-state index in [0.29, 0.717) is 12.3 Å². The molecule has 5 heteroatoms. The van der Waals surface area contributed by atoms with Crippen molar-refractivity contribution in [1.29, 1.82) is 5.26 Å². The van der Waals surface area contributed by atoms with E-state index in [1.807, 2.05) is 30.5 Å². The number of fused-ring (bicyclic) bond motifs is 1. The van der Waals surface area contributed by atoms with Crippen LogP contribution in [0.3, 0.4) is 0 Å². The van der Waals surface area contributed by atoms with Gasteiger partial charge in [-0.2, -0.15) is 5.26 Å². The standard InChI is InChI=1S/C13H9N3OS/c1-8-15-10-3-2-9(6-12(10)17-8)11-7-18-13(16-11)4-5-14/h2-3,6-7H,4H2,1H3. The number of aromatic nitrogens is 2. The summed E-state index contributed by atoms with van der Waals surface area (Å²) in [5.74, 6) is 0.658. The molecule has 0 amide bonds. The summed E-state index contributed by atoms with van der Waals surface area (Å²) in [6, 6.07) is 7.92. The topological polar surface area (TPSA) is 62.7 Å². The number of aryl methyl sites for hydroxylation is 1. The molecule has 0 aliphatic heterocycles. The van der Waals surface area contributed by atoms with Crippen molar-refractivity contribution < 1.29 is 4.42 Å². The Morgan fingerprint density at radius 3 is 3.11 bits per heavy atom. The van der Waals surface area contributed by atoms with Crippen LogP contribution >= 0.6 is 11.3 Å². The summed E-state index contributed by atoms with van der Waals surface area (Å²) >= 11 is 1.50. The zero-order valence-corrected chi connectivity index (χ0v) is 10.5. The van der Waals surface area contributed by atoms with Gasteiger partial charge in [0.1, 0.15) is 10.5 Å². The lowest BCUT2D eigenvalue weighted by atomic mass is 10.1. The van der Waals surface area contributed by atoms with Crippen LogP contribution in [0.5, 0.6) is 0 Å². The molecule has 18 heavy (non-hydrogen) atoms. The van der Waals surface area contributed by atoms with Crippen LogP contribution in [0.2, 0.25) is 0 Å². The molecule has 2 aromatic heterocycles. The Morgan fingerprint density at radius 2 is 2.28 bits per heavy atom. The number of hydrogen-bond donors (Lipinski definition) is 0. The second-order valence-electron chi connectivity index (χ2n) is 3.88. The lowest BCUT2D eigenvalue weighted by Gasteiger charge is -1.95. The molecular weight excluding hydrogens is 246 g/mol.